The molecule has 0 bridgehead atoms. The lowest BCUT2D eigenvalue weighted by Gasteiger charge is -2.38. The minimum Gasteiger partial charge on any atom is -0.495 e. The Labute approximate surface area is 198 Å². The molecule has 0 unspecified atom stereocenters. The highest BCUT2D eigenvalue weighted by Gasteiger charge is 2.39. The number of carbonyl (C=O) groups is 2. The normalized spacial score (nSPS) is 17.5. The van der Waals surface area contributed by atoms with Crippen molar-refractivity contribution in [3.8, 4) is 11.8 Å². The van der Waals surface area contributed by atoms with E-state index >= 15 is 0 Å². The van der Waals surface area contributed by atoms with Gasteiger partial charge in [-0.15, -0.1) is 0 Å². The fraction of sp³-hybridized carbons (Fsp3) is 0.250. The number of nitriles is 1. The maximum atomic E-state index is 13.5. The van der Waals surface area contributed by atoms with E-state index in [9.17, 15) is 28.0 Å². The summed E-state index contributed by atoms with van der Waals surface area (Å²) in [4.78, 5) is 27.7. The zero-order valence-electron chi connectivity index (χ0n) is 18.9. The highest BCUT2D eigenvalue weighted by atomic mass is 19.4. The van der Waals surface area contributed by atoms with Crippen LogP contribution in [0.4, 0.5) is 24.5 Å². The number of nitrogens with one attached hydrogen (secondary N) is 1. The van der Waals surface area contributed by atoms with E-state index in [4.69, 9.17) is 4.74 Å². The number of amides is 2. The van der Waals surface area contributed by atoms with Crippen molar-refractivity contribution >= 4 is 23.2 Å². The number of hydrogen-bond donors (Lipinski definition) is 1. The van der Waals surface area contributed by atoms with Crippen LogP contribution in [0.5, 0.6) is 5.75 Å². The van der Waals surface area contributed by atoms with E-state index in [1.54, 1.807) is 6.92 Å². The Morgan fingerprint density at radius 1 is 1.14 bits per heavy atom. The summed E-state index contributed by atoms with van der Waals surface area (Å²) in [7, 11) is 1.41. The fourth-order valence-electron chi connectivity index (χ4n) is 3.99. The monoisotopic (exact) mass is 483 g/mol. The van der Waals surface area contributed by atoms with Crippen molar-refractivity contribution in [2.75, 3.05) is 17.3 Å². The molecule has 0 radical (unpaired) electrons. The van der Waals surface area contributed by atoms with Crippen LogP contribution in [-0.2, 0) is 6.18 Å². The Hall–Kier alpha value is -4.33. The van der Waals surface area contributed by atoms with Crippen LogP contribution >= 0.6 is 0 Å². The molecule has 4 rings (SSSR count). The van der Waals surface area contributed by atoms with Crippen LogP contribution in [0.3, 0.4) is 0 Å². The van der Waals surface area contributed by atoms with E-state index in [0.717, 1.165) is 12.1 Å². The van der Waals surface area contributed by atoms with Crippen LogP contribution in [-0.4, -0.2) is 34.7 Å². The minimum absolute atomic E-state index is 0.0952. The van der Waals surface area contributed by atoms with Gasteiger partial charge in [0.2, 0.25) is 0 Å². The number of nitrogens with zero attached hydrogens (tertiary/aromatic N) is 4. The Kier molecular flexibility index (Phi) is 5.98. The van der Waals surface area contributed by atoms with Crippen molar-refractivity contribution in [1.82, 2.24) is 9.78 Å². The molecule has 2 amide bonds. The molecule has 1 aliphatic rings. The molecule has 11 heteroatoms. The molecule has 2 heterocycles. The summed E-state index contributed by atoms with van der Waals surface area (Å²) in [5.74, 6) is -0.771. The molecule has 35 heavy (non-hydrogen) atoms. The molecule has 1 N–H and O–H groups in total. The molecule has 180 valence electrons. The number of anilines is 2. The third kappa shape index (κ3) is 4.19. The number of carbonyl (C=O) groups excluding carboxylic acids is 2. The first-order chi connectivity index (χ1) is 16.6. The van der Waals surface area contributed by atoms with Crippen molar-refractivity contribution in [1.29, 1.82) is 5.26 Å². The fourth-order valence-corrected chi connectivity index (χ4v) is 3.99. The molecule has 2 atom stereocenters. The molecule has 1 aliphatic heterocycles. The van der Waals surface area contributed by atoms with Gasteiger partial charge >= 0.3 is 6.18 Å². The lowest BCUT2D eigenvalue weighted by atomic mass is 10.0. The number of hydrogen-bond acceptors (Lipinski definition) is 5. The molecule has 0 spiro atoms. The minimum atomic E-state index is -4.49. The van der Waals surface area contributed by atoms with Gasteiger partial charge in [0.25, 0.3) is 11.8 Å². The number of aromatic nitrogens is 2. The van der Waals surface area contributed by atoms with Gasteiger partial charge in [-0.3, -0.25) is 14.3 Å². The number of methoxy groups -OCH3 is 1. The van der Waals surface area contributed by atoms with E-state index in [1.165, 1.54) is 53.2 Å². The average Bonchev–Trinajstić information content (AvgIpc) is 3.26. The summed E-state index contributed by atoms with van der Waals surface area (Å²) < 4.78 is 45.5. The number of benzene rings is 2. The Bertz CT molecular complexity index is 1340. The lowest BCUT2D eigenvalue weighted by Crippen LogP contribution is -2.49. The van der Waals surface area contributed by atoms with E-state index in [2.05, 4.69) is 10.4 Å². The number of rotatable bonds is 4. The van der Waals surface area contributed by atoms with E-state index < -0.39 is 29.6 Å². The molecule has 8 nitrogen and oxygen atoms in total. The summed E-state index contributed by atoms with van der Waals surface area (Å²) in [6, 6.07) is 9.87. The number of alkyl halides is 3. The second-order valence-corrected chi connectivity index (χ2v) is 8.03. The zero-order chi connectivity index (χ0) is 25.5. The molecule has 0 saturated heterocycles. The lowest BCUT2D eigenvalue weighted by molar-refractivity contribution is -0.137. The molecule has 1 aromatic heterocycles. The summed E-state index contributed by atoms with van der Waals surface area (Å²) >= 11 is 0. The Morgan fingerprint density at radius 2 is 1.83 bits per heavy atom. The van der Waals surface area contributed by atoms with Gasteiger partial charge in [0.15, 0.2) is 5.69 Å². The van der Waals surface area contributed by atoms with Gasteiger partial charge in [0.05, 0.1) is 42.2 Å². The van der Waals surface area contributed by atoms with Crippen molar-refractivity contribution in [3.05, 3.63) is 71.0 Å². The first-order valence-corrected chi connectivity index (χ1v) is 10.5. The SMILES string of the molecule is COc1ccc(C(=O)Nc2cnn3c2C(=O)N(c2ccc(C(F)(F)F)cc2)[C@H](C)[C@@H]3C)cc1C#N. The van der Waals surface area contributed by atoms with Gasteiger partial charge in [0.1, 0.15) is 11.8 Å². The van der Waals surface area contributed by atoms with Crippen molar-refractivity contribution in [2.24, 2.45) is 0 Å². The number of halogens is 3. The van der Waals surface area contributed by atoms with Gasteiger partial charge in [-0.1, -0.05) is 0 Å². The van der Waals surface area contributed by atoms with E-state index in [1.807, 2.05) is 13.0 Å². The van der Waals surface area contributed by atoms with Crippen LogP contribution in [0.2, 0.25) is 0 Å². The second kappa shape index (κ2) is 8.79. The number of fused-ring (bicyclic) bond motifs is 1. The Balaban J connectivity index is 1.66. The first kappa shape index (κ1) is 23.8. The van der Waals surface area contributed by atoms with Crippen LogP contribution < -0.4 is 15.0 Å². The van der Waals surface area contributed by atoms with E-state index in [0.29, 0.717) is 11.4 Å². The average molecular weight is 483 g/mol. The van der Waals surface area contributed by atoms with Gasteiger partial charge < -0.3 is 15.0 Å². The molecule has 0 saturated carbocycles. The first-order valence-electron chi connectivity index (χ1n) is 10.5. The van der Waals surface area contributed by atoms with Gasteiger partial charge in [-0.25, -0.2) is 0 Å². The smallest absolute Gasteiger partial charge is 0.416 e. The molecule has 3 aromatic rings. The van der Waals surface area contributed by atoms with Crippen LogP contribution in [0.25, 0.3) is 0 Å². The van der Waals surface area contributed by atoms with Crippen LogP contribution in [0, 0.1) is 11.3 Å². The van der Waals surface area contributed by atoms with E-state index in [-0.39, 0.29) is 28.6 Å². The summed E-state index contributed by atoms with van der Waals surface area (Å²) in [6.07, 6.45) is -3.15. The predicted molar refractivity (Wildman–Crippen MR) is 120 cm³/mol. The van der Waals surface area contributed by atoms with Crippen LogP contribution in [0.15, 0.2) is 48.7 Å². The summed E-state index contributed by atoms with van der Waals surface area (Å²) in [6.45, 7) is 3.59. The molecule has 0 fully saturated rings. The van der Waals surface area contributed by atoms with Gasteiger partial charge in [-0.05, 0) is 56.3 Å². The highest BCUT2D eigenvalue weighted by Crippen LogP contribution is 2.36. The third-order valence-electron chi connectivity index (χ3n) is 6.01. The molecule has 0 aliphatic carbocycles. The predicted octanol–water partition coefficient (Wildman–Crippen LogP) is 4.64. The van der Waals surface area contributed by atoms with Crippen LogP contribution in [0.1, 0.15) is 51.9 Å². The Morgan fingerprint density at radius 3 is 2.43 bits per heavy atom. The third-order valence-corrected chi connectivity index (χ3v) is 6.01. The standard InChI is InChI=1S/C24H20F3N5O3/c1-13-14(2)32-21(23(34)31(13)18-7-5-17(6-8-18)24(25,26)27)19(12-29-32)30-22(33)15-4-9-20(35-3)16(10-15)11-28/h4-10,12-14H,1-3H3,(H,30,33)/t13-,14+/m1/s1. The zero-order valence-corrected chi connectivity index (χ0v) is 18.9. The molecular weight excluding hydrogens is 463 g/mol. The van der Waals surface area contributed by atoms with Gasteiger partial charge in [0, 0.05) is 11.3 Å². The quantitative estimate of drug-likeness (QED) is 0.583. The largest absolute Gasteiger partial charge is 0.495 e. The highest BCUT2D eigenvalue weighted by molar-refractivity contribution is 6.13. The summed E-state index contributed by atoms with van der Waals surface area (Å²) in [5.41, 5.74) is 0.0557. The summed E-state index contributed by atoms with van der Waals surface area (Å²) in [5, 5.41) is 16.2. The topological polar surface area (TPSA) is 100 Å². The second-order valence-electron chi connectivity index (χ2n) is 8.03. The van der Waals surface area contributed by atoms with Crippen molar-refractivity contribution in [3.63, 3.8) is 0 Å². The molecule has 2 aromatic carbocycles. The number of ether oxygens (including phenoxy) is 1. The van der Waals surface area contributed by atoms with Crippen molar-refractivity contribution in [2.45, 2.75) is 32.1 Å². The van der Waals surface area contributed by atoms with Crippen molar-refractivity contribution < 1.29 is 27.5 Å². The maximum Gasteiger partial charge on any atom is 0.416 e. The molecular formula is C24H20F3N5O3. The maximum absolute atomic E-state index is 13.5. The van der Waals surface area contributed by atoms with Gasteiger partial charge in [-0.2, -0.15) is 23.5 Å².